The summed E-state index contributed by atoms with van der Waals surface area (Å²) in [4.78, 5) is 37.4. The Kier molecular flexibility index (Phi) is 6.54. The summed E-state index contributed by atoms with van der Waals surface area (Å²) in [6, 6.07) is 5.80. The smallest absolute Gasteiger partial charge is 0.294 e. The minimum atomic E-state index is -1.76. The number of rotatable bonds is 6. The van der Waals surface area contributed by atoms with E-state index in [1.165, 1.54) is 24.3 Å². The van der Waals surface area contributed by atoms with Gasteiger partial charge in [0.25, 0.3) is 11.1 Å². The number of carbonyl (C=O) groups is 3. The van der Waals surface area contributed by atoms with Crippen molar-refractivity contribution in [2.45, 2.75) is 6.92 Å². The number of nitrogens with one attached hydrogen (secondary N) is 1. The Bertz CT molecular complexity index is 1110. The van der Waals surface area contributed by atoms with Gasteiger partial charge in [0.05, 0.1) is 17.2 Å². The Morgan fingerprint density at radius 3 is 2.65 bits per heavy atom. The second kappa shape index (κ2) is 9.13. The lowest BCUT2D eigenvalue weighted by Crippen LogP contribution is -2.36. The minimum Gasteiger partial charge on any atom is -0.504 e. The molecular formula is C20H15F3N2O5S. The van der Waals surface area contributed by atoms with E-state index >= 15 is 0 Å². The van der Waals surface area contributed by atoms with Gasteiger partial charge in [-0.3, -0.25) is 19.3 Å². The second-order valence-electron chi connectivity index (χ2n) is 6.20. The number of nitrogens with zero attached hydrogens (tertiary/aromatic N) is 1. The Hall–Kier alpha value is -3.47. The third-order valence-electron chi connectivity index (χ3n) is 4.07. The number of phenols is 1. The van der Waals surface area contributed by atoms with Crippen LogP contribution in [-0.2, 0) is 9.59 Å². The van der Waals surface area contributed by atoms with E-state index in [0.29, 0.717) is 34.9 Å². The fourth-order valence-electron chi connectivity index (χ4n) is 2.64. The summed E-state index contributed by atoms with van der Waals surface area (Å²) < 4.78 is 45.2. The molecule has 0 aliphatic carbocycles. The monoisotopic (exact) mass is 452 g/mol. The van der Waals surface area contributed by atoms with Gasteiger partial charge in [0, 0.05) is 0 Å². The molecule has 3 rings (SSSR count). The molecule has 2 aromatic rings. The highest BCUT2D eigenvalue weighted by atomic mass is 32.2. The number of aromatic hydroxyl groups is 1. The summed E-state index contributed by atoms with van der Waals surface area (Å²) in [7, 11) is 0. The topological polar surface area (TPSA) is 95.9 Å². The van der Waals surface area contributed by atoms with Gasteiger partial charge in [-0.15, -0.1) is 0 Å². The van der Waals surface area contributed by atoms with Crippen LogP contribution in [0.3, 0.4) is 0 Å². The van der Waals surface area contributed by atoms with Crippen LogP contribution in [0, 0.1) is 17.5 Å². The summed E-state index contributed by atoms with van der Waals surface area (Å²) in [6.45, 7) is 1.29. The first-order chi connectivity index (χ1) is 14.7. The quantitative estimate of drug-likeness (QED) is 0.510. The molecule has 0 atom stereocenters. The Morgan fingerprint density at radius 2 is 1.94 bits per heavy atom. The number of phenolic OH excluding ortho intramolecular Hbond substituents is 1. The number of anilines is 1. The number of benzene rings is 2. The number of carbonyl (C=O) groups excluding carboxylic acids is 3. The maximum atomic E-state index is 13.7. The molecule has 1 aliphatic rings. The van der Waals surface area contributed by atoms with E-state index in [1.54, 1.807) is 6.92 Å². The van der Waals surface area contributed by atoms with E-state index in [-0.39, 0.29) is 16.4 Å². The molecule has 3 amide bonds. The summed E-state index contributed by atoms with van der Waals surface area (Å²) in [5.41, 5.74) is -0.154. The van der Waals surface area contributed by atoms with Gasteiger partial charge in [-0.25, -0.2) is 13.2 Å². The molecule has 7 nitrogen and oxygen atoms in total. The highest BCUT2D eigenvalue weighted by Gasteiger charge is 2.36. The van der Waals surface area contributed by atoms with E-state index in [4.69, 9.17) is 4.74 Å². The van der Waals surface area contributed by atoms with Gasteiger partial charge in [0.1, 0.15) is 6.54 Å². The molecule has 1 fully saturated rings. The number of ether oxygens (including phenoxy) is 1. The van der Waals surface area contributed by atoms with Crippen molar-refractivity contribution >= 4 is 40.6 Å². The van der Waals surface area contributed by atoms with Gasteiger partial charge in [0.2, 0.25) is 5.91 Å². The number of thioether (sulfide) groups is 1. The molecule has 0 bridgehead atoms. The normalized spacial score (nSPS) is 15.0. The minimum absolute atomic E-state index is 0.0185. The van der Waals surface area contributed by atoms with Crippen molar-refractivity contribution in [1.29, 1.82) is 0 Å². The molecule has 1 aliphatic heterocycles. The van der Waals surface area contributed by atoms with Crippen LogP contribution in [-0.4, -0.2) is 40.2 Å². The van der Waals surface area contributed by atoms with Crippen molar-refractivity contribution in [3.63, 3.8) is 0 Å². The predicted octanol–water partition coefficient (Wildman–Crippen LogP) is 3.88. The molecule has 1 heterocycles. The van der Waals surface area contributed by atoms with Crippen LogP contribution < -0.4 is 10.1 Å². The Labute approximate surface area is 178 Å². The molecule has 0 radical (unpaired) electrons. The fraction of sp³-hybridized carbons (Fsp3) is 0.150. The zero-order valence-electron chi connectivity index (χ0n) is 15.9. The van der Waals surface area contributed by atoms with E-state index in [1.807, 2.05) is 5.32 Å². The molecule has 2 aromatic carbocycles. The van der Waals surface area contributed by atoms with Crippen molar-refractivity contribution in [3.05, 3.63) is 58.3 Å². The van der Waals surface area contributed by atoms with Crippen molar-refractivity contribution in [2.75, 3.05) is 18.5 Å². The lowest BCUT2D eigenvalue weighted by atomic mass is 10.2. The first-order valence-corrected chi connectivity index (χ1v) is 9.67. The molecule has 2 N–H and O–H groups in total. The van der Waals surface area contributed by atoms with Crippen molar-refractivity contribution < 1.29 is 37.4 Å². The van der Waals surface area contributed by atoms with E-state index in [9.17, 15) is 32.7 Å². The lowest BCUT2D eigenvalue weighted by molar-refractivity contribution is -0.127. The zero-order valence-corrected chi connectivity index (χ0v) is 16.8. The summed E-state index contributed by atoms with van der Waals surface area (Å²) in [5, 5.41) is 11.0. The van der Waals surface area contributed by atoms with Crippen LogP contribution in [0.25, 0.3) is 6.08 Å². The van der Waals surface area contributed by atoms with Gasteiger partial charge < -0.3 is 15.2 Å². The Morgan fingerprint density at radius 1 is 1.19 bits per heavy atom. The maximum absolute atomic E-state index is 13.7. The van der Waals surface area contributed by atoms with Crippen LogP contribution in [0.15, 0.2) is 35.2 Å². The van der Waals surface area contributed by atoms with Crippen LogP contribution in [0.5, 0.6) is 11.5 Å². The van der Waals surface area contributed by atoms with Gasteiger partial charge in [-0.05, 0) is 54.6 Å². The van der Waals surface area contributed by atoms with Crippen molar-refractivity contribution in [1.82, 2.24) is 4.90 Å². The molecule has 0 aromatic heterocycles. The lowest BCUT2D eigenvalue weighted by Gasteiger charge is -2.13. The van der Waals surface area contributed by atoms with Crippen LogP contribution in [0.2, 0.25) is 0 Å². The highest BCUT2D eigenvalue weighted by Crippen LogP contribution is 2.34. The van der Waals surface area contributed by atoms with Crippen LogP contribution in [0.1, 0.15) is 12.5 Å². The summed E-state index contributed by atoms with van der Waals surface area (Å²) >= 11 is 0.587. The highest BCUT2D eigenvalue weighted by molar-refractivity contribution is 8.18. The zero-order chi connectivity index (χ0) is 22.7. The van der Waals surface area contributed by atoms with Gasteiger partial charge in [-0.1, -0.05) is 6.07 Å². The summed E-state index contributed by atoms with van der Waals surface area (Å²) in [6.07, 6.45) is 1.39. The van der Waals surface area contributed by atoms with Crippen LogP contribution >= 0.6 is 11.8 Å². The number of hydrogen-bond donors (Lipinski definition) is 2. The molecular weight excluding hydrogens is 437 g/mol. The molecule has 11 heteroatoms. The van der Waals surface area contributed by atoms with Gasteiger partial charge in [0.15, 0.2) is 29.0 Å². The molecule has 31 heavy (non-hydrogen) atoms. The van der Waals surface area contributed by atoms with Gasteiger partial charge in [-0.2, -0.15) is 0 Å². The Balaban J connectivity index is 1.73. The third-order valence-corrected chi connectivity index (χ3v) is 4.97. The predicted molar refractivity (Wildman–Crippen MR) is 107 cm³/mol. The fourth-order valence-corrected chi connectivity index (χ4v) is 3.47. The molecule has 0 spiro atoms. The van der Waals surface area contributed by atoms with Crippen molar-refractivity contribution in [2.24, 2.45) is 0 Å². The average Bonchev–Trinajstić information content (AvgIpc) is 2.98. The van der Waals surface area contributed by atoms with Crippen LogP contribution in [0.4, 0.5) is 23.7 Å². The number of halogens is 3. The molecule has 0 saturated carbocycles. The van der Waals surface area contributed by atoms with Gasteiger partial charge >= 0.3 is 0 Å². The standard InChI is InChI=1S/C20H15F3N2O5S/c1-2-30-14-7-10(3-6-13(14)26)8-15-19(28)25(20(29)31-15)9-16(27)24-12-5-4-11(21)17(22)18(12)23/h3-8,26H,2,9H2,1H3,(H,24,27)/b15-8+. The molecule has 0 unspecified atom stereocenters. The average molecular weight is 452 g/mol. The van der Waals surface area contributed by atoms with E-state index in [2.05, 4.69) is 0 Å². The third kappa shape index (κ3) is 4.82. The SMILES string of the molecule is CCOc1cc(/C=C2/SC(=O)N(CC(=O)Nc3ccc(F)c(F)c3F)C2=O)ccc1O. The maximum Gasteiger partial charge on any atom is 0.294 e. The van der Waals surface area contributed by atoms with E-state index < -0.39 is 46.7 Å². The second-order valence-corrected chi connectivity index (χ2v) is 7.19. The largest absolute Gasteiger partial charge is 0.504 e. The first kappa shape index (κ1) is 22.2. The summed E-state index contributed by atoms with van der Waals surface area (Å²) in [5.74, 6) is -6.41. The molecule has 162 valence electrons. The first-order valence-electron chi connectivity index (χ1n) is 8.85. The van der Waals surface area contributed by atoms with E-state index in [0.717, 1.165) is 6.07 Å². The molecule has 1 saturated heterocycles. The number of amides is 3. The number of imide groups is 1. The van der Waals surface area contributed by atoms with Crippen molar-refractivity contribution in [3.8, 4) is 11.5 Å². The number of hydrogen-bond acceptors (Lipinski definition) is 6.